The molecule has 1 amide bonds. The number of aryl methyl sites for hydroxylation is 1. The summed E-state index contributed by atoms with van der Waals surface area (Å²) in [5, 5.41) is 15.3. The molecule has 208 valence electrons. The van der Waals surface area contributed by atoms with E-state index in [2.05, 4.69) is 27.9 Å². The molecule has 1 atom stereocenters. The third-order valence-corrected chi connectivity index (χ3v) is 7.44. The van der Waals surface area contributed by atoms with Crippen LogP contribution >= 0.6 is 0 Å². The minimum Gasteiger partial charge on any atom is -0.348 e. The molecule has 0 radical (unpaired) electrons. The zero-order valence-corrected chi connectivity index (χ0v) is 22.6. The van der Waals surface area contributed by atoms with Crippen LogP contribution in [0.1, 0.15) is 21.6 Å². The quantitative estimate of drug-likeness (QED) is 0.316. The Kier molecular flexibility index (Phi) is 8.64. The molecule has 0 aliphatic rings. The summed E-state index contributed by atoms with van der Waals surface area (Å²) >= 11 is 0. The van der Waals surface area contributed by atoms with Gasteiger partial charge < -0.3 is 9.88 Å². The van der Waals surface area contributed by atoms with Crippen molar-refractivity contribution in [1.82, 2.24) is 19.7 Å². The average molecular weight is 571 g/mol. The van der Waals surface area contributed by atoms with E-state index in [-0.39, 0.29) is 28.1 Å². The summed E-state index contributed by atoms with van der Waals surface area (Å²) in [6, 6.07) is 5.95. The highest BCUT2D eigenvalue weighted by molar-refractivity contribution is 7.97. The topological polar surface area (TPSA) is 122 Å². The number of nitrogens with zero attached hydrogens (tertiary/aromatic N) is 5. The summed E-state index contributed by atoms with van der Waals surface area (Å²) in [4.78, 5) is 26.8. The number of allylic oxidation sites excluding steroid dienone is 1. The number of aromatic nitrogens is 3. The zero-order valence-electron chi connectivity index (χ0n) is 21.8. The summed E-state index contributed by atoms with van der Waals surface area (Å²) in [6.45, 7) is 8.86. The van der Waals surface area contributed by atoms with E-state index in [4.69, 9.17) is 5.26 Å². The first-order valence-corrected chi connectivity index (χ1v) is 13.4. The van der Waals surface area contributed by atoms with Crippen LogP contribution in [0.3, 0.4) is 0 Å². The maximum Gasteiger partial charge on any atom is 0.416 e. The Morgan fingerprint density at radius 1 is 1.27 bits per heavy atom. The molecular formula is C27H25F3N6O3S. The fourth-order valence-electron chi connectivity index (χ4n) is 3.72. The fraction of sp³-hybridized carbons (Fsp3) is 0.185. The number of alkyl halides is 3. The Morgan fingerprint density at radius 2 is 1.98 bits per heavy atom. The van der Waals surface area contributed by atoms with Crippen molar-refractivity contribution in [2.45, 2.75) is 13.1 Å². The molecule has 0 bridgehead atoms. The fourth-order valence-corrected chi connectivity index (χ4v) is 4.31. The third kappa shape index (κ3) is 6.47. The Bertz CT molecular complexity index is 1770. The first-order chi connectivity index (χ1) is 18.7. The van der Waals surface area contributed by atoms with E-state index in [9.17, 15) is 27.0 Å². The van der Waals surface area contributed by atoms with Crippen molar-refractivity contribution in [3.05, 3.63) is 106 Å². The Balaban J connectivity index is 2.03. The van der Waals surface area contributed by atoms with E-state index < -0.39 is 32.8 Å². The van der Waals surface area contributed by atoms with Gasteiger partial charge in [0.05, 0.1) is 21.5 Å². The van der Waals surface area contributed by atoms with E-state index in [1.54, 1.807) is 20.0 Å². The van der Waals surface area contributed by atoms with Crippen LogP contribution in [0.25, 0.3) is 16.9 Å². The van der Waals surface area contributed by atoms with E-state index in [1.165, 1.54) is 58.4 Å². The van der Waals surface area contributed by atoms with Crippen LogP contribution in [0.2, 0.25) is 0 Å². The number of rotatable bonds is 8. The van der Waals surface area contributed by atoms with Gasteiger partial charge in [0.2, 0.25) is 11.6 Å². The summed E-state index contributed by atoms with van der Waals surface area (Å²) in [5.74, 6) is -0.321. The molecular weight excluding hydrogens is 545 g/mol. The number of halogens is 3. The second-order valence-electron chi connectivity index (χ2n) is 8.73. The molecule has 3 aromatic rings. The molecule has 2 aromatic heterocycles. The number of amides is 1. The van der Waals surface area contributed by atoms with Gasteiger partial charge in [-0.25, -0.2) is 4.21 Å². The molecule has 0 fully saturated rings. The molecule has 0 aliphatic heterocycles. The minimum atomic E-state index is -4.63. The first kappa shape index (κ1) is 29.9. The largest absolute Gasteiger partial charge is 0.416 e. The molecule has 2 heterocycles. The Hall–Kier alpha value is -4.70. The molecule has 0 saturated heterocycles. The molecule has 9 nitrogen and oxygen atoms in total. The van der Waals surface area contributed by atoms with E-state index in [0.29, 0.717) is 17.1 Å². The number of hydrogen-bond donors (Lipinski definition) is 1. The average Bonchev–Trinajstić information content (AvgIpc) is 3.31. The maximum atomic E-state index is 13.5. The van der Waals surface area contributed by atoms with Gasteiger partial charge in [0.25, 0.3) is 5.91 Å². The van der Waals surface area contributed by atoms with Crippen molar-refractivity contribution in [1.29, 1.82) is 5.26 Å². The monoisotopic (exact) mass is 570 g/mol. The summed E-state index contributed by atoms with van der Waals surface area (Å²) < 4.78 is 58.9. The van der Waals surface area contributed by atoms with Crippen molar-refractivity contribution < 1.29 is 22.2 Å². The van der Waals surface area contributed by atoms with Gasteiger partial charge >= 0.3 is 6.18 Å². The number of carbonyl (C=O) groups excluding carboxylic acids is 1. The molecule has 1 unspecified atom stereocenters. The van der Waals surface area contributed by atoms with Crippen LogP contribution in [-0.2, 0) is 23.0 Å². The normalized spacial score (nSPS) is 12.9. The molecule has 0 saturated carbocycles. The lowest BCUT2D eigenvalue weighted by molar-refractivity contribution is -0.137. The lowest BCUT2D eigenvalue weighted by Gasteiger charge is -2.18. The highest BCUT2D eigenvalue weighted by atomic mass is 32.2. The molecule has 13 heteroatoms. The van der Waals surface area contributed by atoms with E-state index in [1.807, 2.05) is 0 Å². The molecule has 1 aromatic carbocycles. The number of benzene rings is 1. The van der Waals surface area contributed by atoms with Gasteiger partial charge in [-0.3, -0.25) is 14.3 Å². The standard InChI is InChI=1S/C27H25F3N6O3S/c1-17(9-10-18(2)40(5,39)34-16-31)14-32-26(38)22-15-36(23-11-12-33-35(23)4)19(3)24(25(22)37)20-7-6-8-21(13-20)27(28,29)30/h6-13,15H,1-2,14H2,3-5H3,(H,32,38)/b10-9-. The minimum absolute atomic E-state index is 0.000283. The van der Waals surface area contributed by atoms with Crippen molar-refractivity contribution in [3.63, 3.8) is 0 Å². The predicted octanol–water partition coefficient (Wildman–Crippen LogP) is 4.50. The summed E-state index contributed by atoms with van der Waals surface area (Å²) in [5.41, 5.74) is -1.43. The number of pyridine rings is 1. The molecule has 0 spiro atoms. The van der Waals surface area contributed by atoms with Crippen LogP contribution in [0.4, 0.5) is 13.2 Å². The second-order valence-corrected chi connectivity index (χ2v) is 11.0. The lowest BCUT2D eigenvalue weighted by atomic mass is 9.99. The van der Waals surface area contributed by atoms with Gasteiger partial charge in [-0.05, 0) is 36.3 Å². The van der Waals surface area contributed by atoms with Crippen molar-refractivity contribution in [2.75, 3.05) is 12.8 Å². The third-order valence-electron chi connectivity index (χ3n) is 5.90. The van der Waals surface area contributed by atoms with Crippen LogP contribution in [0.15, 0.2) is 87.7 Å². The number of nitrogens with one attached hydrogen (secondary N) is 1. The molecule has 40 heavy (non-hydrogen) atoms. The van der Waals surface area contributed by atoms with Gasteiger partial charge in [-0.15, -0.1) is 4.36 Å². The van der Waals surface area contributed by atoms with E-state index in [0.717, 1.165) is 12.1 Å². The summed E-state index contributed by atoms with van der Waals surface area (Å²) in [7, 11) is -1.34. The van der Waals surface area contributed by atoms with Crippen LogP contribution in [0, 0.1) is 18.4 Å². The Morgan fingerprint density at radius 3 is 2.58 bits per heavy atom. The van der Waals surface area contributed by atoms with Gasteiger partial charge in [0.15, 0.2) is 0 Å². The number of carbonyl (C=O) groups is 1. The van der Waals surface area contributed by atoms with Crippen molar-refractivity contribution in [3.8, 4) is 23.1 Å². The van der Waals surface area contributed by atoms with Gasteiger partial charge in [0.1, 0.15) is 11.4 Å². The second kappa shape index (κ2) is 11.6. The van der Waals surface area contributed by atoms with E-state index >= 15 is 0 Å². The van der Waals surface area contributed by atoms with Gasteiger partial charge in [-0.1, -0.05) is 31.4 Å². The zero-order chi connectivity index (χ0) is 29.8. The highest BCUT2D eigenvalue weighted by Gasteiger charge is 2.31. The van der Waals surface area contributed by atoms with Crippen LogP contribution in [0.5, 0.6) is 0 Å². The summed E-state index contributed by atoms with van der Waals surface area (Å²) in [6.07, 6.45) is 3.67. The first-order valence-electron chi connectivity index (χ1n) is 11.5. The Labute approximate surface area is 228 Å². The smallest absolute Gasteiger partial charge is 0.348 e. The van der Waals surface area contributed by atoms with Crippen LogP contribution in [-0.4, -0.2) is 37.3 Å². The number of hydrogen-bond acceptors (Lipinski definition) is 6. The van der Waals surface area contributed by atoms with Crippen molar-refractivity contribution >= 4 is 15.6 Å². The lowest BCUT2D eigenvalue weighted by Crippen LogP contribution is -2.32. The maximum absolute atomic E-state index is 13.5. The van der Waals surface area contributed by atoms with Crippen molar-refractivity contribution in [2.24, 2.45) is 11.4 Å². The predicted molar refractivity (Wildman–Crippen MR) is 146 cm³/mol. The number of nitriles is 1. The molecule has 0 aliphatic carbocycles. The molecule has 1 N–H and O–H groups in total. The van der Waals surface area contributed by atoms with Gasteiger partial charge in [0, 0.05) is 48.3 Å². The van der Waals surface area contributed by atoms with Crippen LogP contribution < -0.4 is 10.7 Å². The van der Waals surface area contributed by atoms with Gasteiger partial charge in [-0.2, -0.15) is 23.5 Å². The highest BCUT2D eigenvalue weighted by Crippen LogP contribution is 2.32. The SMILES string of the molecule is C=C(/C=C\C(=C)S(C)(=O)=NC#N)CNC(=O)c1cn(-c2ccnn2C)c(C)c(-c2cccc(C(F)(F)F)c2)c1=O. The molecule has 3 rings (SSSR count).